The normalized spacial score (nSPS) is 18.1. The van der Waals surface area contributed by atoms with Crippen molar-refractivity contribution in [3.05, 3.63) is 65.6 Å². The Balaban J connectivity index is 1.82. The maximum atomic E-state index is 13.0. The third-order valence-corrected chi connectivity index (χ3v) is 5.93. The molecule has 1 atom stereocenters. The van der Waals surface area contributed by atoms with Crippen molar-refractivity contribution < 1.29 is 19.1 Å². The van der Waals surface area contributed by atoms with Gasteiger partial charge < -0.3 is 19.3 Å². The van der Waals surface area contributed by atoms with Crippen molar-refractivity contribution in [1.29, 1.82) is 0 Å². The summed E-state index contributed by atoms with van der Waals surface area (Å²) in [7, 11) is 0. The van der Waals surface area contributed by atoms with Gasteiger partial charge in [-0.25, -0.2) is 0 Å². The van der Waals surface area contributed by atoms with Crippen molar-refractivity contribution in [2.75, 3.05) is 26.2 Å². The third-order valence-electron chi connectivity index (χ3n) is 5.93. The highest BCUT2D eigenvalue weighted by Crippen LogP contribution is 2.39. The summed E-state index contributed by atoms with van der Waals surface area (Å²) in [6, 6.07) is 11.6. The number of aliphatic hydroxyl groups is 1. The number of amides is 1. The van der Waals surface area contributed by atoms with Gasteiger partial charge in [-0.1, -0.05) is 57.0 Å². The SMILES string of the molecule is CCCCN(CCCC)CCCN1C(=O)C(=O)C(=C(O)c2ccccc2)C1c1ccco1. The van der Waals surface area contributed by atoms with Crippen molar-refractivity contribution in [3.8, 4) is 0 Å². The Kier molecular flexibility index (Phi) is 8.68. The minimum atomic E-state index is -0.718. The number of ketones is 1. The zero-order chi connectivity index (χ0) is 22.9. The van der Waals surface area contributed by atoms with Crippen LogP contribution in [0.1, 0.15) is 63.3 Å². The van der Waals surface area contributed by atoms with E-state index in [1.165, 1.54) is 6.26 Å². The van der Waals surface area contributed by atoms with Crippen molar-refractivity contribution in [2.24, 2.45) is 0 Å². The molecule has 6 nitrogen and oxygen atoms in total. The number of Topliss-reactive ketones (excluding diaryl/α,β-unsaturated/α-hetero) is 1. The summed E-state index contributed by atoms with van der Waals surface area (Å²) in [5.74, 6) is -0.935. The van der Waals surface area contributed by atoms with Crippen LogP contribution in [0.2, 0.25) is 0 Å². The molecule has 1 amide bonds. The molecule has 172 valence electrons. The Morgan fingerprint density at radius 2 is 1.62 bits per heavy atom. The third kappa shape index (κ3) is 5.49. The molecule has 1 aliphatic rings. The van der Waals surface area contributed by atoms with Crippen molar-refractivity contribution in [2.45, 2.75) is 52.0 Å². The average Bonchev–Trinajstić information content (AvgIpc) is 3.43. The van der Waals surface area contributed by atoms with E-state index in [4.69, 9.17) is 4.42 Å². The lowest BCUT2D eigenvalue weighted by Crippen LogP contribution is -2.34. The van der Waals surface area contributed by atoms with Crippen molar-refractivity contribution >= 4 is 17.4 Å². The fraction of sp³-hybridized carbons (Fsp3) is 0.462. The van der Waals surface area contributed by atoms with Crippen LogP contribution >= 0.6 is 0 Å². The molecule has 1 aromatic carbocycles. The van der Waals surface area contributed by atoms with E-state index in [1.807, 2.05) is 6.07 Å². The molecule has 1 aromatic heterocycles. The number of hydrogen-bond acceptors (Lipinski definition) is 5. The molecule has 3 rings (SSSR count). The van der Waals surface area contributed by atoms with Crippen LogP contribution in [0.5, 0.6) is 0 Å². The maximum absolute atomic E-state index is 13.0. The summed E-state index contributed by atoms with van der Waals surface area (Å²) in [6.07, 6.45) is 6.87. The lowest BCUT2D eigenvalue weighted by atomic mass is 9.99. The predicted molar refractivity (Wildman–Crippen MR) is 125 cm³/mol. The van der Waals surface area contributed by atoms with E-state index in [0.29, 0.717) is 17.9 Å². The molecule has 32 heavy (non-hydrogen) atoms. The second-order valence-electron chi connectivity index (χ2n) is 8.28. The lowest BCUT2D eigenvalue weighted by molar-refractivity contribution is -0.140. The van der Waals surface area contributed by atoms with Gasteiger partial charge in [0.15, 0.2) is 0 Å². The smallest absolute Gasteiger partial charge is 0.295 e. The molecule has 1 saturated heterocycles. The summed E-state index contributed by atoms with van der Waals surface area (Å²) >= 11 is 0. The molecular formula is C26H34N2O4. The van der Waals surface area contributed by atoms with E-state index in [9.17, 15) is 14.7 Å². The number of furan rings is 1. The Labute approximate surface area is 190 Å². The first kappa shape index (κ1) is 23.8. The van der Waals surface area contributed by atoms with Gasteiger partial charge in [0, 0.05) is 12.1 Å². The Bertz CT molecular complexity index is 897. The Hall–Kier alpha value is -2.86. The zero-order valence-electron chi connectivity index (χ0n) is 19.1. The lowest BCUT2D eigenvalue weighted by Gasteiger charge is -2.26. The molecule has 0 radical (unpaired) electrons. The van der Waals surface area contributed by atoms with Gasteiger partial charge in [-0.2, -0.15) is 0 Å². The molecular weight excluding hydrogens is 404 g/mol. The summed E-state index contributed by atoms with van der Waals surface area (Å²) in [5, 5.41) is 10.9. The zero-order valence-corrected chi connectivity index (χ0v) is 19.1. The van der Waals surface area contributed by atoms with E-state index in [2.05, 4.69) is 18.7 Å². The van der Waals surface area contributed by atoms with Crippen molar-refractivity contribution in [3.63, 3.8) is 0 Å². The predicted octanol–water partition coefficient (Wildman–Crippen LogP) is 4.99. The minimum Gasteiger partial charge on any atom is -0.507 e. The first-order valence-electron chi connectivity index (χ1n) is 11.7. The summed E-state index contributed by atoms with van der Waals surface area (Å²) < 4.78 is 5.59. The molecule has 1 unspecified atom stereocenters. The summed E-state index contributed by atoms with van der Waals surface area (Å²) in [4.78, 5) is 29.9. The number of carbonyl (C=O) groups excluding carboxylic acids is 2. The molecule has 1 aliphatic heterocycles. The van der Waals surface area contributed by atoms with Gasteiger partial charge in [0.1, 0.15) is 17.6 Å². The number of aliphatic hydroxyl groups excluding tert-OH is 1. The molecule has 0 bridgehead atoms. The van der Waals surface area contributed by atoms with Gasteiger partial charge >= 0.3 is 0 Å². The Morgan fingerprint density at radius 3 is 2.22 bits per heavy atom. The van der Waals surface area contributed by atoms with Gasteiger partial charge in [-0.15, -0.1) is 0 Å². The highest BCUT2D eigenvalue weighted by Gasteiger charge is 2.47. The molecule has 0 spiro atoms. The van der Waals surface area contributed by atoms with E-state index in [-0.39, 0.29) is 11.3 Å². The fourth-order valence-electron chi connectivity index (χ4n) is 4.17. The van der Waals surface area contributed by atoms with Crippen LogP contribution in [-0.2, 0) is 9.59 Å². The molecule has 1 fully saturated rings. The molecule has 2 heterocycles. The van der Waals surface area contributed by atoms with Crippen LogP contribution in [-0.4, -0.2) is 52.8 Å². The first-order valence-corrected chi connectivity index (χ1v) is 11.7. The van der Waals surface area contributed by atoms with Crippen LogP contribution in [0.3, 0.4) is 0 Å². The number of hydrogen-bond donors (Lipinski definition) is 1. The quantitative estimate of drug-likeness (QED) is 0.287. The van der Waals surface area contributed by atoms with Crippen LogP contribution in [0.4, 0.5) is 0 Å². The highest BCUT2D eigenvalue weighted by atomic mass is 16.3. The van der Waals surface area contributed by atoms with Crippen molar-refractivity contribution in [1.82, 2.24) is 9.80 Å². The van der Waals surface area contributed by atoms with Crippen LogP contribution in [0, 0.1) is 0 Å². The van der Waals surface area contributed by atoms with Crippen LogP contribution in [0.15, 0.2) is 58.7 Å². The fourth-order valence-corrected chi connectivity index (χ4v) is 4.17. The number of rotatable bonds is 12. The molecule has 6 heteroatoms. The van der Waals surface area contributed by atoms with E-state index >= 15 is 0 Å². The molecule has 2 aromatic rings. The van der Waals surface area contributed by atoms with Crippen LogP contribution < -0.4 is 0 Å². The largest absolute Gasteiger partial charge is 0.507 e. The summed E-state index contributed by atoms with van der Waals surface area (Å²) in [5.41, 5.74) is 0.595. The topological polar surface area (TPSA) is 74.0 Å². The first-order chi connectivity index (χ1) is 15.6. The average molecular weight is 439 g/mol. The van der Waals surface area contributed by atoms with E-state index in [0.717, 1.165) is 51.7 Å². The molecule has 1 N–H and O–H groups in total. The standard InChI is InChI=1S/C26H34N2O4/c1-3-5-15-27(16-6-4-2)17-11-18-28-23(21-14-10-19-32-21)22(25(30)26(28)31)24(29)20-12-8-7-9-13-20/h7-10,12-14,19,23,29H,3-6,11,15-18H2,1-2H3. The Morgan fingerprint density at radius 1 is 0.969 bits per heavy atom. The van der Waals surface area contributed by atoms with Gasteiger partial charge in [-0.05, 0) is 51.0 Å². The maximum Gasteiger partial charge on any atom is 0.295 e. The second kappa shape index (κ2) is 11.7. The molecule has 0 aliphatic carbocycles. The highest BCUT2D eigenvalue weighted by molar-refractivity contribution is 6.46. The monoisotopic (exact) mass is 438 g/mol. The van der Waals surface area contributed by atoms with E-state index in [1.54, 1.807) is 41.3 Å². The molecule has 0 saturated carbocycles. The number of nitrogens with zero attached hydrogens (tertiary/aromatic N) is 2. The van der Waals surface area contributed by atoms with E-state index < -0.39 is 17.7 Å². The van der Waals surface area contributed by atoms with Crippen LogP contribution in [0.25, 0.3) is 5.76 Å². The number of benzene rings is 1. The van der Waals surface area contributed by atoms with Gasteiger partial charge in [0.2, 0.25) is 0 Å². The number of likely N-dealkylation sites (tertiary alicyclic amines) is 1. The number of carbonyl (C=O) groups is 2. The number of unbranched alkanes of at least 4 members (excludes halogenated alkanes) is 2. The minimum absolute atomic E-state index is 0.0879. The summed E-state index contributed by atoms with van der Waals surface area (Å²) in [6.45, 7) is 7.76. The second-order valence-corrected chi connectivity index (χ2v) is 8.28. The van der Waals surface area contributed by atoms with Gasteiger partial charge in [-0.3, -0.25) is 9.59 Å². The van der Waals surface area contributed by atoms with Gasteiger partial charge in [0.05, 0.1) is 11.8 Å². The van der Waals surface area contributed by atoms with Gasteiger partial charge in [0.25, 0.3) is 11.7 Å².